The second-order valence-corrected chi connectivity index (χ2v) is 3.55. The zero-order chi connectivity index (χ0) is 12.3. The summed E-state index contributed by atoms with van der Waals surface area (Å²) in [7, 11) is 0. The predicted octanol–water partition coefficient (Wildman–Crippen LogP) is 1.50. The van der Waals surface area contributed by atoms with Crippen LogP contribution in [0.3, 0.4) is 0 Å². The van der Waals surface area contributed by atoms with Crippen LogP contribution in [0, 0.1) is 0 Å². The molecule has 0 bridgehead atoms. The number of nitrogens with zero attached hydrogens (tertiary/aromatic N) is 1. The van der Waals surface area contributed by atoms with E-state index in [0.29, 0.717) is 22.8 Å². The SMILES string of the molecule is Nc1ccc(C(=O)Nc2ccc(N)nc2)cc1. The number of nitrogen functional groups attached to an aromatic ring is 2. The highest BCUT2D eigenvalue weighted by Gasteiger charge is 2.05. The molecule has 0 aliphatic heterocycles. The third-order valence-electron chi connectivity index (χ3n) is 2.22. The molecule has 0 unspecified atom stereocenters. The van der Waals surface area contributed by atoms with Crippen molar-refractivity contribution >= 4 is 23.1 Å². The van der Waals surface area contributed by atoms with Gasteiger partial charge in [-0.15, -0.1) is 0 Å². The third-order valence-corrected chi connectivity index (χ3v) is 2.22. The molecule has 0 saturated heterocycles. The van der Waals surface area contributed by atoms with Gasteiger partial charge in [0.25, 0.3) is 5.91 Å². The van der Waals surface area contributed by atoms with Crippen LogP contribution in [0.4, 0.5) is 17.2 Å². The predicted molar refractivity (Wildman–Crippen MR) is 67.5 cm³/mol. The lowest BCUT2D eigenvalue weighted by Crippen LogP contribution is -2.12. The van der Waals surface area contributed by atoms with E-state index < -0.39 is 0 Å². The lowest BCUT2D eigenvalue weighted by Gasteiger charge is -2.05. The van der Waals surface area contributed by atoms with Gasteiger partial charge >= 0.3 is 0 Å². The van der Waals surface area contributed by atoms with E-state index in [9.17, 15) is 4.79 Å². The Kier molecular flexibility index (Phi) is 2.91. The second-order valence-electron chi connectivity index (χ2n) is 3.55. The Balaban J connectivity index is 2.11. The average Bonchev–Trinajstić information content (AvgIpc) is 2.33. The molecule has 5 heteroatoms. The Morgan fingerprint density at radius 2 is 1.76 bits per heavy atom. The van der Waals surface area contributed by atoms with Crippen LogP contribution >= 0.6 is 0 Å². The molecule has 0 fully saturated rings. The summed E-state index contributed by atoms with van der Waals surface area (Å²) in [5, 5.41) is 2.71. The van der Waals surface area contributed by atoms with E-state index in [0.717, 1.165) is 0 Å². The van der Waals surface area contributed by atoms with Crippen molar-refractivity contribution in [3.8, 4) is 0 Å². The van der Waals surface area contributed by atoms with Crippen molar-refractivity contribution in [2.75, 3.05) is 16.8 Å². The summed E-state index contributed by atoms with van der Waals surface area (Å²) in [4.78, 5) is 15.7. The summed E-state index contributed by atoms with van der Waals surface area (Å²) in [6.45, 7) is 0. The first-order valence-corrected chi connectivity index (χ1v) is 5.03. The van der Waals surface area contributed by atoms with Crippen molar-refractivity contribution < 1.29 is 4.79 Å². The fraction of sp³-hybridized carbons (Fsp3) is 0. The largest absolute Gasteiger partial charge is 0.399 e. The maximum absolute atomic E-state index is 11.8. The molecule has 86 valence electrons. The van der Waals surface area contributed by atoms with E-state index in [2.05, 4.69) is 10.3 Å². The highest BCUT2D eigenvalue weighted by molar-refractivity contribution is 6.04. The van der Waals surface area contributed by atoms with E-state index in [4.69, 9.17) is 11.5 Å². The number of hydrogen-bond acceptors (Lipinski definition) is 4. The number of hydrogen-bond donors (Lipinski definition) is 3. The second kappa shape index (κ2) is 4.52. The van der Waals surface area contributed by atoms with E-state index in [-0.39, 0.29) is 5.91 Å². The van der Waals surface area contributed by atoms with Crippen molar-refractivity contribution in [1.29, 1.82) is 0 Å². The number of carbonyl (C=O) groups is 1. The number of amides is 1. The van der Waals surface area contributed by atoms with Gasteiger partial charge in [0.2, 0.25) is 0 Å². The topological polar surface area (TPSA) is 94.0 Å². The maximum Gasteiger partial charge on any atom is 0.255 e. The summed E-state index contributed by atoms with van der Waals surface area (Å²) < 4.78 is 0. The summed E-state index contributed by atoms with van der Waals surface area (Å²) in [6, 6.07) is 9.99. The summed E-state index contributed by atoms with van der Waals surface area (Å²) >= 11 is 0. The number of rotatable bonds is 2. The first-order chi connectivity index (χ1) is 8.15. The van der Waals surface area contributed by atoms with Crippen LogP contribution in [0.2, 0.25) is 0 Å². The van der Waals surface area contributed by atoms with E-state index >= 15 is 0 Å². The van der Waals surface area contributed by atoms with Crippen molar-refractivity contribution in [1.82, 2.24) is 4.98 Å². The van der Waals surface area contributed by atoms with Gasteiger partial charge in [0.1, 0.15) is 5.82 Å². The number of pyridine rings is 1. The summed E-state index contributed by atoms with van der Waals surface area (Å²) in [6.07, 6.45) is 1.50. The highest BCUT2D eigenvalue weighted by atomic mass is 16.1. The third kappa shape index (κ3) is 2.72. The zero-order valence-corrected chi connectivity index (χ0v) is 9.05. The molecule has 1 aromatic carbocycles. The lowest BCUT2D eigenvalue weighted by molar-refractivity contribution is 0.102. The lowest BCUT2D eigenvalue weighted by atomic mass is 10.2. The fourth-order valence-electron chi connectivity index (χ4n) is 1.32. The molecular weight excluding hydrogens is 216 g/mol. The van der Waals surface area contributed by atoms with E-state index in [1.165, 1.54) is 6.20 Å². The van der Waals surface area contributed by atoms with Crippen LogP contribution in [0.25, 0.3) is 0 Å². The van der Waals surface area contributed by atoms with Gasteiger partial charge in [-0.3, -0.25) is 4.79 Å². The molecule has 1 aromatic heterocycles. The van der Waals surface area contributed by atoms with Crippen molar-refractivity contribution in [3.05, 3.63) is 48.2 Å². The quantitative estimate of drug-likeness (QED) is 0.679. The molecule has 0 aliphatic rings. The fourth-order valence-corrected chi connectivity index (χ4v) is 1.32. The Labute approximate surface area is 98.5 Å². The molecule has 2 aromatic rings. The molecule has 2 rings (SSSR count). The van der Waals surface area contributed by atoms with Gasteiger partial charge in [0, 0.05) is 11.3 Å². The van der Waals surface area contributed by atoms with Gasteiger partial charge in [0.15, 0.2) is 0 Å². The van der Waals surface area contributed by atoms with Crippen molar-refractivity contribution in [2.24, 2.45) is 0 Å². The number of benzene rings is 1. The summed E-state index contributed by atoms with van der Waals surface area (Å²) in [5.74, 6) is 0.201. The molecule has 0 atom stereocenters. The minimum atomic E-state index is -0.212. The molecule has 1 amide bonds. The monoisotopic (exact) mass is 228 g/mol. The highest BCUT2D eigenvalue weighted by Crippen LogP contribution is 2.11. The first kappa shape index (κ1) is 10.9. The van der Waals surface area contributed by atoms with Crippen LogP contribution in [-0.4, -0.2) is 10.9 Å². The Morgan fingerprint density at radius 1 is 1.06 bits per heavy atom. The molecule has 1 heterocycles. The van der Waals surface area contributed by atoms with Gasteiger partial charge in [-0.1, -0.05) is 0 Å². The van der Waals surface area contributed by atoms with Crippen LogP contribution in [0.1, 0.15) is 10.4 Å². The molecular formula is C12H12N4O. The van der Waals surface area contributed by atoms with E-state index in [1.54, 1.807) is 36.4 Å². The average molecular weight is 228 g/mol. The van der Waals surface area contributed by atoms with Crippen LogP contribution in [0.5, 0.6) is 0 Å². The normalized spacial score (nSPS) is 9.88. The number of nitrogens with one attached hydrogen (secondary N) is 1. The molecule has 0 saturated carbocycles. The smallest absolute Gasteiger partial charge is 0.255 e. The minimum absolute atomic E-state index is 0.212. The molecule has 17 heavy (non-hydrogen) atoms. The molecule has 0 spiro atoms. The number of nitrogens with two attached hydrogens (primary N) is 2. The Bertz CT molecular complexity index is 519. The van der Waals surface area contributed by atoms with Crippen molar-refractivity contribution in [3.63, 3.8) is 0 Å². The first-order valence-electron chi connectivity index (χ1n) is 5.03. The van der Waals surface area contributed by atoms with Crippen LogP contribution in [0.15, 0.2) is 42.6 Å². The maximum atomic E-state index is 11.8. The van der Waals surface area contributed by atoms with Crippen LogP contribution in [-0.2, 0) is 0 Å². The Morgan fingerprint density at radius 3 is 2.35 bits per heavy atom. The number of aromatic nitrogens is 1. The standard InChI is InChI=1S/C12H12N4O/c13-9-3-1-8(2-4-9)12(17)16-10-5-6-11(14)15-7-10/h1-7H,13H2,(H2,14,15)(H,16,17). The van der Waals surface area contributed by atoms with Gasteiger partial charge in [-0.2, -0.15) is 0 Å². The molecule has 0 radical (unpaired) electrons. The number of anilines is 3. The molecule has 5 nitrogen and oxygen atoms in total. The van der Waals surface area contributed by atoms with E-state index in [1.807, 2.05) is 0 Å². The van der Waals surface area contributed by atoms with Crippen molar-refractivity contribution in [2.45, 2.75) is 0 Å². The van der Waals surface area contributed by atoms with Gasteiger partial charge in [-0.25, -0.2) is 4.98 Å². The van der Waals surface area contributed by atoms with Crippen LogP contribution < -0.4 is 16.8 Å². The molecule has 0 aliphatic carbocycles. The number of carbonyl (C=O) groups excluding carboxylic acids is 1. The van der Waals surface area contributed by atoms with Gasteiger partial charge in [0.05, 0.1) is 11.9 Å². The zero-order valence-electron chi connectivity index (χ0n) is 9.05. The Hall–Kier alpha value is -2.56. The van der Waals surface area contributed by atoms with Gasteiger partial charge in [-0.05, 0) is 36.4 Å². The van der Waals surface area contributed by atoms with Gasteiger partial charge < -0.3 is 16.8 Å². The molecule has 5 N–H and O–H groups in total. The summed E-state index contributed by atoms with van der Waals surface area (Å²) in [5.41, 5.74) is 12.7. The minimum Gasteiger partial charge on any atom is -0.399 e.